The highest BCUT2D eigenvalue weighted by Crippen LogP contribution is 2.20. The average molecular weight is 441 g/mol. The number of hydrogen-bond donors (Lipinski definition) is 2. The number of ether oxygens (including phenoxy) is 1. The lowest BCUT2D eigenvalue weighted by molar-refractivity contribution is -0.121. The summed E-state index contributed by atoms with van der Waals surface area (Å²) in [6.45, 7) is 3.88. The molecule has 0 unspecified atom stereocenters. The van der Waals surface area contributed by atoms with Gasteiger partial charge in [0, 0.05) is 12.1 Å². The topological polar surface area (TPSA) is 119 Å². The lowest BCUT2D eigenvalue weighted by Crippen LogP contribution is -2.28. The molecule has 0 aliphatic rings. The van der Waals surface area contributed by atoms with E-state index in [1.54, 1.807) is 38.1 Å². The van der Waals surface area contributed by atoms with Gasteiger partial charge in [-0.25, -0.2) is 0 Å². The molecule has 3 aromatic rings. The highest BCUT2D eigenvalue weighted by Gasteiger charge is 2.17. The van der Waals surface area contributed by atoms with Gasteiger partial charge in [0.15, 0.2) is 0 Å². The number of nitrogens with one attached hydrogen (secondary N) is 2. The molecule has 0 saturated carbocycles. The van der Waals surface area contributed by atoms with Crippen molar-refractivity contribution in [1.29, 1.82) is 10.5 Å². The Balaban J connectivity index is 1.60. The van der Waals surface area contributed by atoms with Crippen molar-refractivity contribution >= 4 is 5.91 Å². The van der Waals surface area contributed by atoms with Gasteiger partial charge < -0.3 is 15.0 Å². The number of aryl methyl sites for hydroxylation is 1. The standard InChI is InChI=1S/C26H24N4O3/c1-17-22(18(2)29-26(32)23(17)14-27)12-13-25(31)30-24(15-28)20-8-10-21(11-9-20)33-16-19-6-4-3-5-7-19/h3-11,24H,12-13,16H2,1-2H3,(H,29,32)(H,30,31)/t24-/m0/s1. The molecule has 0 spiro atoms. The van der Waals surface area contributed by atoms with Gasteiger partial charge in [-0.1, -0.05) is 42.5 Å². The van der Waals surface area contributed by atoms with E-state index in [4.69, 9.17) is 4.74 Å². The average Bonchev–Trinajstić information content (AvgIpc) is 2.82. The highest BCUT2D eigenvalue weighted by atomic mass is 16.5. The fourth-order valence-electron chi connectivity index (χ4n) is 3.58. The molecule has 0 bridgehead atoms. The number of carbonyl (C=O) groups is 1. The summed E-state index contributed by atoms with van der Waals surface area (Å²) >= 11 is 0. The van der Waals surface area contributed by atoms with E-state index in [0.29, 0.717) is 35.6 Å². The minimum Gasteiger partial charge on any atom is -0.489 e. The number of nitrogens with zero attached hydrogens (tertiary/aromatic N) is 2. The fraction of sp³-hybridized carbons (Fsp3) is 0.231. The van der Waals surface area contributed by atoms with E-state index >= 15 is 0 Å². The molecular formula is C26H24N4O3. The molecule has 2 N–H and O–H groups in total. The predicted octanol–water partition coefficient (Wildman–Crippen LogP) is 3.76. The quantitative estimate of drug-likeness (QED) is 0.553. The number of rotatable bonds is 8. The van der Waals surface area contributed by atoms with Crippen LogP contribution in [0.5, 0.6) is 5.75 Å². The summed E-state index contributed by atoms with van der Waals surface area (Å²) in [5.41, 5.74) is 3.30. The van der Waals surface area contributed by atoms with Crippen LogP contribution in [0.2, 0.25) is 0 Å². The molecule has 0 radical (unpaired) electrons. The van der Waals surface area contributed by atoms with Gasteiger partial charge in [0.25, 0.3) is 5.56 Å². The zero-order chi connectivity index (χ0) is 23.8. The number of hydrogen-bond acceptors (Lipinski definition) is 5. The first-order valence-corrected chi connectivity index (χ1v) is 10.5. The maximum atomic E-state index is 12.5. The Hall–Kier alpha value is -4.36. The first-order valence-electron chi connectivity index (χ1n) is 10.5. The van der Waals surface area contributed by atoms with Crippen LogP contribution in [0.4, 0.5) is 0 Å². The minimum absolute atomic E-state index is 0.0560. The van der Waals surface area contributed by atoms with E-state index in [-0.39, 0.29) is 17.9 Å². The first kappa shape index (κ1) is 23.3. The number of pyridine rings is 1. The molecule has 3 rings (SSSR count). The third-order valence-electron chi connectivity index (χ3n) is 5.42. The normalized spacial score (nSPS) is 11.2. The molecule has 166 valence electrons. The van der Waals surface area contributed by atoms with Crippen LogP contribution < -0.4 is 15.6 Å². The monoisotopic (exact) mass is 440 g/mol. The lowest BCUT2D eigenvalue weighted by Gasteiger charge is -2.14. The molecule has 0 aliphatic heterocycles. The first-order chi connectivity index (χ1) is 15.9. The van der Waals surface area contributed by atoms with E-state index in [2.05, 4.69) is 16.4 Å². The Morgan fingerprint density at radius 2 is 1.79 bits per heavy atom. The van der Waals surface area contributed by atoms with E-state index in [1.165, 1.54) is 0 Å². The molecule has 1 atom stereocenters. The molecular weight excluding hydrogens is 416 g/mol. The molecule has 0 fully saturated rings. The number of aromatic amines is 1. The molecule has 1 amide bonds. The van der Waals surface area contributed by atoms with Crippen LogP contribution in [0.3, 0.4) is 0 Å². The van der Waals surface area contributed by atoms with Crippen LogP contribution in [-0.2, 0) is 17.8 Å². The number of carbonyl (C=O) groups excluding carboxylic acids is 1. The number of H-pyrrole nitrogens is 1. The Labute approximate surface area is 192 Å². The Bertz CT molecular complexity index is 1270. The van der Waals surface area contributed by atoms with Crippen LogP contribution in [-0.4, -0.2) is 10.9 Å². The van der Waals surface area contributed by atoms with Crippen molar-refractivity contribution in [2.24, 2.45) is 0 Å². The Morgan fingerprint density at radius 3 is 2.42 bits per heavy atom. The van der Waals surface area contributed by atoms with Gasteiger partial charge in [-0.2, -0.15) is 10.5 Å². The molecule has 1 heterocycles. The van der Waals surface area contributed by atoms with Gasteiger partial charge in [0.1, 0.15) is 30.0 Å². The summed E-state index contributed by atoms with van der Waals surface area (Å²) in [6, 6.07) is 20.1. The van der Waals surface area contributed by atoms with Crippen LogP contribution in [0.25, 0.3) is 0 Å². The molecule has 33 heavy (non-hydrogen) atoms. The summed E-state index contributed by atoms with van der Waals surface area (Å²) in [7, 11) is 0. The largest absolute Gasteiger partial charge is 0.489 e. The van der Waals surface area contributed by atoms with Crippen LogP contribution >= 0.6 is 0 Å². The van der Waals surface area contributed by atoms with Gasteiger partial charge in [0.05, 0.1) is 6.07 Å². The second kappa shape index (κ2) is 10.8. The predicted molar refractivity (Wildman–Crippen MR) is 123 cm³/mol. The molecule has 0 aliphatic carbocycles. The van der Waals surface area contributed by atoms with Crippen LogP contribution in [0, 0.1) is 36.5 Å². The third kappa shape index (κ3) is 5.87. The van der Waals surface area contributed by atoms with E-state index in [1.807, 2.05) is 36.4 Å². The highest BCUT2D eigenvalue weighted by molar-refractivity contribution is 5.77. The molecule has 0 saturated heterocycles. The van der Waals surface area contributed by atoms with Crippen molar-refractivity contribution in [3.63, 3.8) is 0 Å². The fourth-order valence-corrected chi connectivity index (χ4v) is 3.58. The van der Waals surface area contributed by atoms with Crippen LogP contribution in [0.15, 0.2) is 59.4 Å². The summed E-state index contributed by atoms with van der Waals surface area (Å²) in [5.74, 6) is 0.373. The van der Waals surface area contributed by atoms with Crippen LogP contribution in [0.1, 0.15) is 46.0 Å². The van der Waals surface area contributed by atoms with Crippen molar-refractivity contribution in [2.45, 2.75) is 39.3 Å². The molecule has 2 aromatic carbocycles. The third-order valence-corrected chi connectivity index (χ3v) is 5.42. The lowest BCUT2D eigenvalue weighted by atomic mass is 9.99. The SMILES string of the molecule is Cc1[nH]c(=O)c(C#N)c(C)c1CCC(=O)N[C@@H](C#N)c1ccc(OCc2ccccc2)cc1. The Kier molecular flexibility index (Phi) is 7.62. The van der Waals surface area contributed by atoms with Crippen molar-refractivity contribution < 1.29 is 9.53 Å². The second-order valence-corrected chi connectivity index (χ2v) is 7.64. The van der Waals surface area contributed by atoms with Crippen molar-refractivity contribution in [3.05, 3.63) is 98.5 Å². The summed E-state index contributed by atoms with van der Waals surface area (Å²) in [6.07, 6.45) is 0.467. The Morgan fingerprint density at radius 1 is 1.09 bits per heavy atom. The molecule has 7 heteroatoms. The number of benzene rings is 2. The van der Waals surface area contributed by atoms with Crippen molar-refractivity contribution in [1.82, 2.24) is 10.3 Å². The summed E-state index contributed by atoms with van der Waals surface area (Å²) in [4.78, 5) is 27.0. The number of amides is 1. The molecule has 7 nitrogen and oxygen atoms in total. The van der Waals surface area contributed by atoms with Gasteiger partial charge in [0.2, 0.25) is 5.91 Å². The zero-order valence-electron chi connectivity index (χ0n) is 18.5. The van der Waals surface area contributed by atoms with Gasteiger partial charge in [-0.15, -0.1) is 0 Å². The van der Waals surface area contributed by atoms with Gasteiger partial charge in [-0.05, 0) is 54.7 Å². The smallest absolute Gasteiger partial charge is 0.266 e. The zero-order valence-corrected chi connectivity index (χ0v) is 18.5. The number of aromatic nitrogens is 1. The van der Waals surface area contributed by atoms with Crippen molar-refractivity contribution in [3.8, 4) is 17.9 Å². The van der Waals surface area contributed by atoms with Gasteiger partial charge >= 0.3 is 0 Å². The maximum absolute atomic E-state index is 12.5. The van der Waals surface area contributed by atoms with E-state index < -0.39 is 11.6 Å². The van der Waals surface area contributed by atoms with Gasteiger partial charge in [-0.3, -0.25) is 9.59 Å². The number of nitriles is 2. The van der Waals surface area contributed by atoms with E-state index in [0.717, 1.165) is 11.1 Å². The van der Waals surface area contributed by atoms with Crippen molar-refractivity contribution in [2.75, 3.05) is 0 Å². The second-order valence-electron chi connectivity index (χ2n) is 7.64. The summed E-state index contributed by atoms with van der Waals surface area (Å²) < 4.78 is 5.76. The van der Waals surface area contributed by atoms with E-state index in [9.17, 15) is 20.1 Å². The maximum Gasteiger partial charge on any atom is 0.266 e. The molecule has 1 aromatic heterocycles. The summed E-state index contributed by atoms with van der Waals surface area (Å²) in [5, 5.41) is 21.5. The minimum atomic E-state index is -0.798.